The molecule has 1 aliphatic carbocycles. The van der Waals surface area contributed by atoms with Crippen LogP contribution >= 0.6 is 11.3 Å². The number of hydrogen-bond donors (Lipinski definition) is 0. The van der Waals surface area contributed by atoms with Crippen molar-refractivity contribution in [3.8, 4) is 16.8 Å². The topological polar surface area (TPSA) is 8.17 Å². The van der Waals surface area contributed by atoms with Gasteiger partial charge in [-0.2, -0.15) is 0 Å². The molecule has 1 aliphatic rings. The zero-order chi connectivity index (χ0) is 40.8. The molecule has 12 aromatic rings. The summed E-state index contributed by atoms with van der Waals surface area (Å²) in [6.07, 6.45) is 0. The number of nitrogens with zero attached hydrogens (tertiary/aromatic N) is 2. The van der Waals surface area contributed by atoms with E-state index >= 15 is 0 Å². The fraction of sp³-hybridized carbons (Fsp3) is 0.0169. The molecule has 290 valence electrons. The third-order valence-corrected chi connectivity index (χ3v) is 14.5. The highest BCUT2D eigenvalue weighted by Crippen LogP contribution is 2.57. The average Bonchev–Trinajstić information content (AvgIpc) is 4.00. The largest absolute Gasteiger partial charge is 0.309 e. The Labute approximate surface area is 363 Å². The molecule has 0 amide bonds. The summed E-state index contributed by atoms with van der Waals surface area (Å²) in [4.78, 5) is 2.50. The number of rotatable bonds is 6. The summed E-state index contributed by atoms with van der Waals surface area (Å²) in [5.74, 6) is 0. The molecular weight excluding hydrogens is 769 g/mol. The van der Waals surface area contributed by atoms with Gasteiger partial charge in [-0.15, -0.1) is 11.3 Å². The number of hydrogen-bond acceptors (Lipinski definition) is 2. The lowest BCUT2D eigenvalue weighted by Gasteiger charge is -2.35. The summed E-state index contributed by atoms with van der Waals surface area (Å²) in [7, 11) is 0. The third kappa shape index (κ3) is 4.97. The Kier molecular flexibility index (Phi) is 7.72. The Morgan fingerprint density at radius 3 is 1.66 bits per heavy atom. The van der Waals surface area contributed by atoms with E-state index in [1.807, 2.05) is 11.3 Å². The average molecular weight is 807 g/mol. The van der Waals surface area contributed by atoms with E-state index in [2.05, 4.69) is 240 Å². The number of thiophene rings is 1. The number of fused-ring (bicyclic) bond motifs is 11. The van der Waals surface area contributed by atoms with Crippen molar-refractivity contribution < 1.29 is 0 Å². The quantitative estimate of drug-likeness (QED) is 0.162. The lowest BCUT2D eigenvalue weighted by Crippen LogP contribution is -2.28. The fourth-order valence-electron chi connectivity index (χ4n) is 10.6. The van der Waals surface area contributed by atoms with Crippen molar-refractivity contribution in [2.24, 2.45) is 0 Å². The molecule has 2 nitrogen and oxygen atoms in total. The molecule has 13 rings (SSSR count). The van der Waals surface area contributed by atoms with E-state index in [4.69, 9.17) is 0 Å². The maximum absolute atomic E-state index is 2.50. The van der Waals surface area contributed by atoms with Crippen LogP contribution in [0.15, 0.2) is 231 Å². The molecule has 0 fully saturated rings. The highest BCUT2D eigenvalue weighted by Gasteiger charge is 2.46. The van der Waals surface area contributed by atoms with Crippen molar-refractivity contribution in [2.45, 2.75) is 5.41 Å². The van der Waals surface area contributed by atoms with Gasteiger partial charge >= 0.3 is 0 Å². The van der Waals surface area contributed by atoms with Gasteiger partial charge in [-0.05, 0) is 98.8 Å². The van der Waals surface area contributed by atoms with Gasteiger partial charge in [0.05, 0.1) is 26.8 Å². The second-order valence-corrected chi connectivity index (χ2v) is 17.4. The van der Waals surface area contributed by atoms with Gasteiger partial charge in [0.2, 0.25) is 0 Å². The van der Waals surface area contributed by atoms with Gasteiger partial charge in [-0.1, -0.05) is 176 Å². The Morgan fingerprint density at radius 2 is 0.935 bits per heavy atom. The second kappa shape index (κ2) is 13.7. The zero-order valence-electron chi connectivity index (χ0n) is 33.7. The summed E-state index contributed by atoms with van der Waals surface area (Å²) in [5.41, 5.74) is 14.1. The highest BCUT2D eigenvalue weighted by molar-refractivity contribution is 7.27. The van der Waals surface area contributed by atoms with Crippen molar-refractivity contribution in [1.82, 2.24) is 4.57 Å². The molecular formula is C59H38N2S. The summed E-state index contributed by atoms with van der Waals surface area (Å²) in [5, 5.41) is 7.65. The second-order valence-electron chi connectivity index (χ2n) is 16.4. The first-order valence-corrected chi connectivity index (χ1v) is 22.2. The lowest BCUT2D eigenvalue weighted by molar-refractivity contribution is 0.768. The van der Waals surface area contributed by atoms with E-state index in [1.165, 1.54) is 86.1 Å². The first-order valence-electron chi connectivity index (χ1n) is 21.3. The van der Waals surface area contributed by atoms with Crippen molar-refractivity contribution in [1.29, 1.82) is 0 Å². The zero-order valence-corrected chi connectivity index (χ0v) is 34.6. The number of benzene rings is 10. The van der Waals surface area contributed by atoms with Crippen molar-refractivity contribution >= 4 is 81.1 Å². The molecule has 2 heterocycles. The molecule has 0 atom stereocenters. The van der Waals surface area contributed by atoms with Crippen LogP contribution in [0.25, 0.3) is 69.6 Å². The molecule has 0 spiro atoms. The third-order valence-electron chi connectivity index (χ3n) is 13.3. The van der Waals surface area contributed by atoms with Gasteiger partial charge in [0.15, 0.2) is 0 Å². The first-order chi connectivity index (χ1) is 30.8. The van der Waals surface area contributed by atoms with E-state index in [9.17, 15) is 0 Å². The molecule has 0 radical (unpaired) electrons. The predicted molar refractivity (Wildman–Crippen MR) is 263 cm³/mol. The maximum Gasteiger partial charge on any atom is 0.0714 e. The van der Waals surface area contributed by atoms with E-state index in [1.54, 1.807) is 0 Å². The Bertz CT molecular complexity index is 3600. The SMILES string of the molecule is c1ccc(C2(c3ccccc3)c3ccccc3-c3ccc(N(c4ccc(-n5c6ccccc6c6ccccc65)cc4)c4cccc5c4sc4c6ccccc6ccc54)cc32)cc1. The van der Waals surface area contributed by atoms with Crippen LogP contribution in [0.1, 0.15) is 22.3 Å². The van der Waals surface area contributed by atoms with Crippen LogP contribution in [0.2, 0.25) is 0 Å². The normalized spacial score (nSPS) is 13.0. The van der Waals surface area contributed by atoms with Crippen LogP contribution in [0, 0.1) is 0 Å². The van der Waals surface area contributed by atoms with E-state index in [0.717, 1.165) is 22.7 Å². The number of aromatic nitrogens is 1. The van der Waals surface area contributed by atoms with Gasteiger partial charge in [0.25, 0.3) is 0 Å². The molecule has 3 heteroatoms. The van der Waals surface area contributed by atoms with Gasteiger partial charge < -0.3 is 9.47 Å². The fourth-order valence-corrected chi connectivity index (χ4v) is 12.0. The molecule has 0 aliphatic heterocycles. The molecule has 0 bridgehead atoms. The Morgan fingerprint density at radius 1 is 0.371 bits per heavy atom. The summed E-state index contributed by atoms with van der Waals surface area (Å²) < 4.78 is 4.99. The van der Waals surface area contributed by atoms with Crippen LogP contribution in [-0.2, 0) is 5.41 Å². The Balaban J connectivity index is 1.08. The smallest absolute Gasteiger partial charge is 0.0714 e. The van der Waals surface area contributed by atoms with E-state index in [-0.39, 0.29) is 0 Å². The van der Waals surface area contributed by atoms with Gasteiger partial charge in [0, 0.05) is 43.3 Å². The van der Waals surface area contributed by atoms with Gasteiger partial charge in [-0.25, -0.2) is 0 Å². The minimum absolute atomic E-state index is 0.515. The minimum atomic E-state index is -0.515. The maximum atomic E-state index is 2.50. The molecule has 0 N–H and O–H groups in total. The van der Waals surface area contributed by atoms with Crippen molar-refractivity contribution in [2.75, 3.05) is 4.90 Å². The Hall–Kier alpha value is -7.72. The standard InChI is InChI=1S/C59H38N2S/c1-3-17-40(18-4-1)59(41-19-5-2-6-20-41)52-26-12-9-22-46(52)47-37-35-44(38-53(47)59)60(56-29-15-25-50-51-36-30-39-16-7-8-21-45(39)57(51)62-58(50)56)42-31-33-43(34-32-42)61-54-27-13-10-23-48(54)49-24-11-14-28-55(49)61/h1-38H. The molecule has 0 unspecified atom stereocenters. The minimum Gasteiger partial charge on any atom is -0.309 e. The molecule has 0 saturated heterocycles. The van der Waals surface area contributed by atoms with E-state index in [0.29, 0.717) is 0 Å². The lowest BCUT2D eigenvalue weighted by atomic mass is 9.67. The van der Waals surface area contributed by atoms with E-state index < -0.39 is 5.41 Å². The van der Waals surface area contributed by atoms with Crippen LogP contribution in [0.4, 0.5) is 17.1 Å². The van der Waals surface area contributed by atoms with Crippen molar-refractivity contribution in [3.05, 3.63) is 253 Å². The summed E-state index contributed by atoms with van der Waals surface area (Å²) in [6.45, 7) is 0. The molecule has 62 heavy (non-hydrogen) atoms. The van der Waals surface area contributed by atoms with Crippen LogP contribution in [0.5, 0.6) is 0 Å². The van der Waals surface area contributed by atoms with Gasteiger partial charge in [-0.3, -0.25) is 0 Å². The summed E-state index contributed by atoms with van der Waals surface area (Å²) >= 11 is 1.90. The van der Waals surface area contributed by atoms with Crippen LogP contribution < -0.4 is 4.90 Å². The summed E-state index contributed by atoms with van der Waals surface area (Å²) in [6, 6.07) is 85.3. The highest BCUT2D eigenvalue weighted by atomic mass is 32.1. The molecule has 2 aromatic heterocycles. The van der Waals surface area contributed by atoms with Crippen molar-refractivity contribution in [3.63, 3.8) is 0 Å². The van der Waals surface area contributed by atoms with Gasteiger partial charge in [0.1, 0.15) is 0 Å². The monoisotopic (exact) mass is 806 g/mol. The van der Waals surface area contributed by atoms with Crippen LogP contribution in [0.3, 0.4) is 0 Å². The number of para-hydroxylation sites is 2. The number of anilines is 3. The van der Waals surface area contributed by atoms with Crippen LogP contribution in [-0.4, -0.2) is 4.57 Å². The predicted octanol–water partition coefficient (Wildman–Crippen LogP) is 16.1. The first kappa shape index (κ1) is 35.1. The molecule has 0 saturated carbocycles. The molecule has 10 aromatic carbocycles.